The molecule has 1 atom stereocenters. The van der Waals surface area contributed by atoms with E-state index in [0.717, 1.165) is 10.6 Å². The summed E-state index contributed by atoms with van der Waals surface area (Å²) >= 11 is 1.53. The average molecular weight is 296 g/mol. The van der Waals surface area contributed by atoms with E-state index in [0.29, 0.717) is 6.54 Å². The van der Waals surface area contributed by atoms with Gasteiger partial charge < -0.3 is 9.84 Å². The third-order valence-corrected chi connectivity index (χ3v) is 4.01. The van der Waals surface area contributed by atoms with E-state index in [1.807, 2.05) is 33.1 Å². The van der Waals surface area contributed by atoms with Crippen molar-refractivity contribution in [3.8, 4) is 0 Å². The molecule has 2 rings (SSSR count). The van der Waals surface area contributed by atoms with Crippen molar-refractivity contribution < 1.29 is 14.6 Å². The second-order valence-electron chi connectivity index (χ2n) is 5.91. The lowest BCUT2D eigenvalue weighted by Crippen LogP contribution is -2.43. The highest BCUT2D eigenvalue weighted by atomic mass is 32.1. The molecule has 6 heteroatoms. The Bertz CT molecular complexity index is 517. The maximum atomic E-state index is 12.1. The molecule has 1 unspecified atom stereocenters. The summed E-state index contributed by atoms with van der Waals surface area (Å²) in [6, 6.07) is 0. The van der Waals surface area contributed by atoms with Crippen molar-refractivity contribution in [2.24, 2.45) is 0 Å². The van der Waals surface area contributed by atoms with Gasteiger partial charge in [0.15, 0.2) is 0 Å². The molecule has 0 fully saturated rings. The summed E-state index contributed by atoms with van der Waals surface area (Å²) in [6.45, 7) is 8.05. The summed E-state index contributed by atoms with van der Waals surface area (Å²) in [6.07, 6.45) is 1.33. The molecule has 5 nitrogen and oxygen atoms in total. The van der Waals surface area contributed by atoms with Crippen LogP contribution in [0.1, 0.15) is 38.6 Å². The third kappa shape index (κ3) is 3.30. The minimum Gasteiger partial charge on any atom is -0.510 e. The van der Waals surface area contributed by atoms with E-state index in [1.54, 1.807) is 6.20 Å². The molecular formula is C14H20N2O3S. The number of aromatic nitrogens is 1. The van der Waals surface area contributed by atoms with Crippen molar-refractivity contribution in [2.45, 2.75) is 39.2 Å². The average Bonchev–Trinajstić information content (AvgIpc) is 2.83. The first-order chi connectivity index (χ1) is 9.28. The molecule has 2 heterocycles. The van der Waals surface area contributed by atoms with Gasteiger partial charge >= 0.3 is 6.09 Å². The number of aliphatic hydroxyl groups excluding tert-OH is 1. The first-order valence-corrected chi connectivity index (χ1v) is 7.42. The smallest absolute Gasteiger partial charge is 0.410 e. The highest BCUT2D eigenvalue weighted by Gasteiger charge is 2.32. The van der Waals surface area contributed by atoms with Crippen molar-refractivity contribution in [2.75, 3.05) is 13.1 Å². The monoisotopic (exact) mass is 296 g/mol. The molecule has 1 aliphatic heterocycles. The second-order valence-corrected chi connectivity index (χ2v) is 6.84. The van der Waals surface area contributed by atoms with Gasteiger partial charge in [0, 0.05) is 18.1 Å². The molecule has 1 amide bonds. The Hall–Kier alpha value is -1.56. The standard InChI is InChI=1S/C14H20N2O3S/c1-9-10(12-15-5-6-20-12)7-16(8-11(9)17)13(18)19-14(2,3)4/h5-6,10,17H,7-8H2,1-4H3. The maximum absolute atomic E-state index is 12.1. The zero-order valence-electron chi connectivity index (χ0n) is 12.2. The number of hydrogen-bond donors (Lipinski definition) is 1. The Morgan fingerprint density at radius 3 is 2.80 bits per heavy atom. The summed E-state index contributed by atoms with van der Waals surface area (Å²) < 4.78 is 5.36. The highest BCUT2D eigenvalue weighted by molar-refractivity contribution is 7.09. The molecule has 0 bridgehead atoms. The Kier molecular flexibility index (Phi) is 4.04. The summed E-state index contributed by atoms with van der Waals surface area (Å²) in [7, 11) is 0. The maximum Gasteiger partial charge on any atom is 0.410 e. The van der Waals surface area contributed by atoms with Gasteiger partial charge in [-0.2, -0.15) is 0 Å². The van der Waals surface area contributed by atoms with E-state index in [9.17, 15) is 9.90 Å². The topological polar surface area (TPSA) is 62.7 Å². The number of carbonyl (C=O) groups is 1. The highest BCUT2D eigenvalue weighted by Crippen LogP contribution is 2.32. The van der Waals surface area contributed by atoms with Gasteiger partial charge in [0.05, 0.1) is 12.5 Å². The number of carbonyl (C=O) groups excluding carboxylic acids is 1. The van der Waals surface area contributed by atoms with E-state index in [1.165, 1.54) is 16.2 Å². The zero-order chi connectivity index (χ0) is 14.9. The Morgan fingerprint density at radius 2 is 2.25 bits per heavy atom. The van der Waals surface area contributed by atoms with Crippen LogP contribution in [-0.4, -0.2) is 39.8 Å². The SMILES string of the molecule is CC1=C(O)CN(C(=O)OC(C)(C)C)CC1c1nccs1. The van der Waals surface area contributed by atoms with Crippen LogP contribution in [0.25, 0.3) is 0 Å². The van der Waals surface area contributed by atoms with Crippen LogP contribution in [0.15, 0.2) is 22.9 Å². The van der Waals surface area contributed by atoms with Crippen LogP contribution < -0.4 is 0 Å². The number of rotatable bonds is 1. The summed E-state index contributed by atoms with van der Waals surface area (Å²) in [5.41, 5.74) is 0.333. The third-order valence-electron chi connectivity index (χ3n) is 3.12. The predicted octanol–water partition coefficient (Wildman–Crippen LogP) is 3.31. The normalized spacial score (nSPS) is 20.2. The molecule has 0 saturated heterocycles. The number of nitrogens with zero attached hydrogens (tertiary/aromatic N) is 2. The number of amides is 1. The van der Waals surface area contributed by atoms with Crippen molar-refractivity contribution in [3.63, 3.8) is 0 Å². The summed E-state index contributed by atoms with van der Waals surface area (Å²) in [4.78, 5) is 17.9. The lowest BCUT2D eigenvalue weighted by molar-refractivity contribution is 0.0224. The van der Waals surface area contributed by atoms with Crippen LogP contribution in [0, 0.1) is 0 Å². The first kappa shape index (κ1) is 14.8. The van der Waals surface area contributed by atoms with Gasteiger partial charge in [0.2, 0.25) is 0 Å². The lowest BCUT2D eigenvalue weighted by Gasteiger charge is -2.33. The van der Waals surface area contributed by atoms with Gasteiger partial charge in [-0.25, -0.2) is 9.78 Å². The Labute approximate surface area is 122 Å². The number of aliphatic hydroxyl groups is 1. The van der Waals surface area contributed by atoms with Crippen LogP contribution in [-0.2, 0) is 4.74 Å². The molecule has 1 aliphatic rings. The van der Waals surface area contributed by atoms with Crippen molar-refractivity contribution >= 4 is 17.4 Å². The van der Waals surface area contributed by atoms with Crippen LogP contribution in [0.2, 0.25) is 0 Å². The quantitative estimate of drug-likeness (QED) is 0.863. The molecule has 0 aromatic carbocycles. The van der Waals surface area contributed by atoms with Gasteiger partial charge in [0.25, 0.3) is 0 Å². The minimum absolute atomic E-state index is 0.0590. The molecule has 1 aromatic rings. The van der Waals surface area contributed by atoms with Gasteiger partial charge in [-0.3, -0.25) is 4.90 Å². The number of ether oxygens (including phenoxy) is 1. The second kappa shape index (κ2) is 5.44. The fourth-order valence-corrected chi connectivity index (χ4v) is 2.86. The first-order valence-electron chi connectivity index (χ1n) is 6.54. The lowest BCUT2D eigenvalue weighted by atomic mass is 9.96. The fourth-order valence-electron chi connectivity index (χ4n) is 2.06. The molecule has 1 N–H and O–H groups in total. The van der Waals surface area contributed by atoms with Crippen LogP contribution in [0.5, 0.6) is 0 Å². The van der Waals surface area contributed by atoms with E-state index in [4.69, 9.17) is 4.74 Å². The largest absolute Gasteiger partial charge is 0.510 e. The van der Waals surface area contributed by atoms with Crippen LogP contribution in [0.3, 0.4) is 0 Å². The molecule has 0 radical (unpaired) electrons. The van der Waals surface area contributed by atoms with Crippen molar-refractivity contribution in [3.05, 3.63) is 27.9 Å². The van der Waals surface area contributed by atoms with Crippen molar-refractivity contribution in [1.29, 1.82) is 0 Å². The Balaban J connectivity index is 2.18. The molecule has 0 aliphatic carbocycles. The molecule has 1 aromatic heterocycles. The molecule has 20 heavy (non-hydrogen) atoms. The van der Waals surface area contributed by atoms with Crippen LogP contribution in [0.4, 0.5) is 4.79 Å². The van der Waals surface area contributed by atoms with Gasteiger partial charge in [0.1, 0.15) is 16.4 Å². The summed E-state index contributed by atoms with van der Waals surface area (Å²) in [5, 5.41) is 12.9. The molecule has 110 valence electrons. The molecule has 0 spiro atoms. The summed E-state index contributed by atoms with van der Waals surface area (Å²) in [5.74, 6) is 0.165. The fraction of sp³-hybridized carbons (Fsp3) is 0.571. The Morgan fingerprint density at radius 1 is 1.55 bits per heavy atom. The van der Waals surface area contributed by atoms with E-state index < -0.39 is 11.7 Å². The molecule has 0 saturated carbocycles. The predicted molar refractivity (Wildman–Crippen MR) is 78.0 cm³/mol. The van der Waals surface area contributed by atoms with E-state index >= 15 is 0 Å². The number of hydrogen-bond acceptors (Lipinski definition) is 5. The van der Waals surface area contributed by atoms with Crippen LogP contribution >= 0.6 is 11.3 Å². The van der Waals surface area contributed by atoms with Gasteiger partial charge in [-0.15, -0.1) is 11.3 Å². The molecular weight excluding hydrogens is 276 g/mol. The van der Waals surface area contributed by atoms with Gasteiger partial charge in [-0.05, 0) is 33.3 Å². The zero-order valence-corrected chi connectivity index (χ0v) is 13.0. The van der Waals surface area contributed by atoms with Crippen molar-refractivity contribution in [1.82, 2.24) is 9.88 Å². The van der Waals surface area contributed by atoms with E-state index in [-0.39, 0.29) is 18.2 Å². The van der Waals surface area contributed by atoms with Gasteiger partial charge in [-0.1, -0.05) is 0 Å². The van der Waals surface area contributed by atoms with E-state index in [2.05, 4.69) is 4.98 Å². The number of thiazole rings is 1. The minimum atomic E-state index is -0.542.